The second kappa shape index (κ2) is 9.73. The Labute approximate surface area is 159 Å². The molecule has 2 aromatic rings. The van der Waals surface area contributed by atoms with Crippen molar-refractivity contribution in [1.29, 1.82) is 0 Å². The second-order valence-corrected chi connectivity index (χ2v) is 6.56. The first-order valence-corrected chi connectivity index (χ1v) is 9.19. The molecule has 0 saturated carbocycles. The summed E-state index contributed by atoms with van der Waals surface area (Å²) in [5.74, 6) is -0.0778. The van der Waals surface area contributed by atoms with Crippen molar-refractivity contribution in [3.8, 4) is 0 Å². The van der Waals surface area contributed by atoms with Gasteiger partial charge in [-0.1, -0.05) is 60.7 Å². The van der Waals surface area contributed by atoms with Crippen LogP contribution in [-0.2, 0) is 22.7 Å². The van der Waals surface area contributed by atoms with Crippen molar-refractivity contribution >= 4 is 12.0 Å². The van der Waals surface area contributed by atoms with Crippen molar-refractivity contribution < 1.29 is 14.3 Å². The van der Waals surface area contributed by atoms with Gasteiger partial charge in [0.05, 0.1) is 0 Å². The second-order valence-electron chi connectivity index (χ2n) is 6.56. The molecule has 0 radical (unpaired) electrons. The van der Waals surface area contributed by atoms with Crippen molar-refractivity contribution in [2.45, 2.75) is 13.2 Å². The average molecular weight is 367 g/mol. The molecule has 0 spiro atoms. The number of carbonyl (C=O) groups is 2. The lowest BCUT2D eigenvalue weighted by Crippen LogP contribution is -2.50. The van der Waals surface area contributed by atoms with Gasteiger partial charge in [-0.15, -0.1) is 0 Å². The molecular weight excluding hydrogens is 342 g/mol. The molecule has 27 heavy (non-hydrogen) atoms. The lowest BCUT2D eigenvalue weighted by Gasteiger charge is -2.34. The van der Waals surface area contributed by atoms with E-state index in [1.54, 1.807) is 4.90 Å². The first kappa shape index (κ1) is 18.9. The van der Waals surface area contributed by atoms with Crippen LogP contribution >= 0.6 is 0 Å². The predicted octanol–water partition coefficient (Wildman–Crippen LogP) is 2.26. The normalized spacial score (nSPS) is 14.6. The van der Waals surface area contributed by atoms with E-state index in [4.69, 9.17) is 4.74 Å². The fourth-order valence-electron chi connectivity index (χ4n) is 3.03. The smallest absolute Gasteiger partial charge is 0.407 e. The zero-order valence-corrected chi connectivity index (χ0v) is 15.3. The third-order valence-electron chi connectivity index (χ3n) is 4.57. The van der Waals surface area contributed by atoms with Gasteiger partial charge in [0.1, 0.15) is 13.2 Å². The summed E-state index contributed by atoms with van der Waals surface area (Å²) in [5.41, 5.74) is 2.19. The van der Waals surface area contributed by atoms with E-state index in [2.05, 4.69) is 22.3 Å². The maximum Gasteiger partial charge on any atom is 0.407 e. The quantitative estimate of drug-likeness (QED) is 0.851. The Bertz CT molecular complexity index is 729. The molecule has 6 nitrogen and oxygen atoms in total. The number of hydrogen-bond acceptors (Lipinski definition) is 4. The Balaban J connectivity index is 1.34. The molecule has 0 atom stereocenters. The third-order valence-corrected chi connectivity index (χ3v) is 4.57. The number of alkyl carbamates (subject to hydrolysis) is 1. The van der Waals surface area contributed by atoms with Gasteiger partial charge in [0.15, 0.2) is 0 Å². The van der Waals surface area contributed by atoms with E-state index in [-0.39, 0.29) is 19.1 Å². The highest BCUT2D eigenvalue weighted by molar-refractivity contribution is 5.82. The minimum atomic E-state index is -0.574. The largest absolute Gasteiger partial charge is 0.445 e. The van der Waals surface area contributed by atoms with Gasteiger partial charge >= 0.3 is 6.09 Å². The van der Waals surface area contributed by atoms with Crippen LogP contribution in [-0.4, -0.2) is 54.5 Å². The summed E-state index contributed by atoms with van der Waals surface area (Å²) >= 11 is 0. The van der Waals surface area contributed by atoms with Gasteiger partial charge in [-0.25, -0.2) is 4.79 Å². The predicted molar refractivity (Wildman–Crippen MR) is 103 cm³/mol. The minimum absolute atomic E-state index is 0.0354. The molecule has 142 valence electrons. The molecule has 1 aliphatic heterocycles. The van der Waals surface area contributed by atoms with Crippen LogP contribution < -0.4 is 5.32 Å². The maximum atomic E-state index is 12.3. The molecule has 1 N–H and O–H groups in total. The average Bonchev–Trinajstić information content (AvgIpc) is 2.72. The molecule has 1 fully saturated rings. The molecule has 0 bridgehead atoms. The zero-order valence-electron chi connectivity index (χ0n) is 15.3. The van der Waals surface area contributed by atoms with E-state index < -0.39 is 6.09 Å². The van der Waals surface area contributed by atoms with E-state index in [1.165, 1.54) is 5.56 Å². The molecule has 6 heteroatoms. The molecule has 0 unspecified atom stereocenters. The zero-order chi connectivity index (χ0) is 18.9. The molecule has 0 aliphatic carbocycles. The maximum absolute atomic E-state index is 12.3. The molecule has 0 aromatic heterocycles. The van der Waals surface area contributed by atoms with Gasteiger partial charge in [-0.2, -0.15) is 0 Å². The number of amides is 2. The Morgan fingerprint density at radius 2 is 1.44 bits per heavy atom. The molecule has 2 amide bonds. The van der Waals surface area contributed by atoms with Crippen LogP contribution in [0, 0.1) is 0 Å². The Kier molecular flexibility index (Phi) is 6.82. The van der Waals surface area contributed by atoms with Crippen LogP contribution in [0.4, 0.5) is 4.79 Å². The monoisotopic (exact) mass is 367 g/mol. The fraction of sp³-hybridized carbons (Fsp3) is 0.333. The van der Waals surface area contributed by atoms with Crippen LogP contribution in [0.1, 0.15) is 11.1 Å². The summed E-state index contributed by atoms with van der Waals surface area (Å²) in [5, 5.41) is 2.54. The molecule has 1 aliphatic rings. The number of carbonyl (C=O) groups excluding carboxylic acids is 2. The first-order valence-electron chi connectivity index (χ1n) is 9.19. The lowest BCUT2D eigenvalue weighted by molar-refractivity contribution is -0.132. The highest BCUT2D eigenvalue weighted by Crippen LogP contribution is 2.08. The third kappa shape index (κ3) is 6.11. The lowest BCUT2D eigenvalue weighted by atomic mass is 10.2. The van der Waals surface area contributed by atoms with Crippen molar-refractivity contribution in [1.82, 2.24) is 15.1 Å². The molecule has 3 rings (SSSR count). The van der Waals surface area contributed by atoms with E-state index in [0.29, 0.717) is 13.1 Å². The van der Waals surface area contributed by atoms with Crippen molar-refractivity contribution in [2.24, 2.45) is 0 Å². The van der Waals surface area contributed by atoms with Crippen LogP contribution in [0.25, 0.3) is 0 Å². The fourth-order valence-corrected chi connectivity index (χ4v) is 3.03. The van der Waals surface area contributed by atoms with Crippen molar-refractivity contribution in [3.05, 3.63) is 71.8 Å². The number of hydrogen-bond donors (Lipinski definition) is 1. The number of nitrogens with one attached hydrogen (secondary N) is 1. The van der Waals surface area contributed by atoms with Crippen LogP contribution in [0.3, 0.4) is 0 Å². The number of nitrogens with zero attached hydrogens (tertiary/aromatic N) is 2. The highest BCUT2D eigenvalue weighted by atomic mass is 16.5. The Morgan fingerprint density at radius 3 is 2.07 bits per heavy atom. The van der Waals surface area contributed by atoms with Gasteiger partial charge in [0.25, 0.3) is 0 Å². The van der Waals surface area contributed by atoms with Crippen molar-refractivity contribution in [2.75, 3.05) is 32.7 Å². The van der Waals surface area contributed by atoms with E-state index in [9.17, 15) is 9.59 Å². The van der Waals surface area contributed by atoms with E-state index in [1.807, 2.05) is 48.5 Å². The van der Waals surface area contributed by atoms with E-state index >= 15 is 0 Å². The minimum Gasteiger partial charge on any atom is -0.445 e. The SMILES string of the molecule is O=C(NCC(=O)N1CCN(Cc2ccccc2)CC1)OCc1ccccc1. The summed E-state index contributed by atoms with van der Waals surface area (Å²) in [6, 6.07) is 19.8. The standard InChI is InChI=1S/C21H25N3O3/c25-20(15-22-21(26)27-17-19-9-5-2-6-10-19)24-13-11-23(12-14-24)16-18-7-3-1-4-8-18/h1-10H,11-17H2,(H,22,26). The molecular formula is C21H25N3O3. The van der Waals surface area contributed by atoms with Gasteiger partial charge in [0, 0.05) is 32.7 Å². The molecule has 1 heterocycles. The number of piperazine rings is 1. The summed E-state index contributed by atoms with van der Waals surface area (Å²) in [6.07, 6.45) is -0.574. The van der Waals surface area contributed by atoms with Gasteiger partial charge in [-0.05, 0) is 11.1 Å². The number of benzene rings is 2. The topological polar surface area (TPSA) is 61.9 Å². The van der Waals surface area contributed by atoms with Crippen LogP contribution in [0.5, 0.6) is 0 Å². The number of rotatable bonds is 6. The first-order chi connectivity index (χ1) is 13.2. The van der Waals surface area contributed by atoms with E-state index in [0.717, 1.165) is 25.2 Å². The van der Waals surface area contributed by atoms with Crippen LogP contribution in [0.2, 0.25) is 0 Å². The summed E-state index contributed by atoms with van der Waals surface area (Å²) in [7, 11) is 0. The van der Waals surface area contributed by atoms with Gasteiger partial charge in [-0.3, -0.25) is 9.69 Å². The van der Waals surface area contributed by atoms with Crippen molar-refractivity contribution in [3.63, 3.8) is 0 Å². The molecule has 2 aromatic carbocycles. The summed E-state index contributed by atoms with van der Waals surface area (Å²) in [6.45, 7) is 4.06. The molecule has 1 saturated heterocycles. The van der Waals surface area contributed by atoms with Gasteiger partial charge < -0.3 is 15.0 Å². The summed E-state index contributed by atoms with van der Waals surface area (Å²) < 4.78 is 5.12. The van der Waals surface area contributed by atoms with Gasteiger partial charge in [0.2, 0.25) is 5.91 Å². The Morgan fingerprint density at radius 1 is 0.852 bits per heavy atom. The highest BCUT2D eigenvalue weighted by Gasteiger charge is 2.21. The van der Waals surface area contributed by atoms with Crippen LogP contribution in [0.15, 0.2) is 60.7 Å². The Hall–Kier alpha value is -2.86. The number of ether oxygens (including phenoxy) is 1. The summed E-state index contributed by atoms with van der Waals surface area (Å²) in [4.78, 5) is 28.2.